The standard InChI is InChI=1S/C25H33NO3S/c27-25(16-20-5-1-2-6-20)26(18-24-9-4-12-28-24)17-22-7-3-8-23(15-22)29-13-10-21-11-14-30-19-21/h3,7-8,11,14-15,19-20,24H,1-2,4-6,9-10,12-13,16-18H2/t24-/m0/s1. The first kappa shape index (κ1) is 21.4. The molecule has 0 radical (unpaired) electrons. The van der Waals surface area contributed by atoms with E-state index in [1.165, 1.54) is 31.2 Å². The zero-order valence-corrected chi connectivity index (χ0v) is 18.6. The molecule has 30 heavy (non-hydrogen) atoms. The van der Waals surface area contributed by atoms with E-state index in [1.807, 2.05) is 17.0 Å². The zero-order chi connectivity index (χ0) is 20.6. The van der Waals surface area contributed by atoms with Gasteiger partial charge in [0.1, 0.15) is 5.75 Å². The van der Waals surface area contributed by atoms with Gasteiger partial charge in [-0.1, -0.05) is 25.0 Å². The summed E-state index contributed by atoms with van der Waals surface area (Å²) >= 11 is 1.72. The minimum Gasteiger partial charge on any atom is -0.493 e. The first-order valence-electron chi connectivity index (χ1n) is 11.4. The Hall–Kier alpha value is -1.85. The highest BCUT2D eigenvalue weighted by Crippen LogP contribution is 2.29. The molecule has 0 N–H and O–H groups in total. The van der Waals surface area contributed by atoms with Gasteiger partial charge in [0.25, 0.3) is 0 Å². The molecule has 1 aliphatic heterocycles. The molecule has 0 unspecified atom stereocenters. The van der Waals surface area contributed by atoms with Crippen LogP contribution in [-0.4, -0.2) is 36.7 Å². The normalized spacial score (nSPS) is 19.3. The van der Waals surface area contributed by atoms with Crippen LogP contribution in [0.4, 0.5) is 0 Å². The molecule has 1 aromatic carbocycles. The van der Waals surface area contributed by atoms with Gasteiger partial charge in [-0.25, -0.2) is 0 Å². The Morgan fingerprint density at radius 3 is 2.80 bits per heavy atom. The number of hydrogen-bond acceptors (Lipinski definition) is 4. The second kappa shape index (κ2) is 11.0. The summed E-state index contributed by atoms with van der Waals surface area (Å²) in [5, 5.41) is 4.26. The van der Waals surface area contributed by atoms with Crippen molar-refractivity contribution in [2.45, 2.75) is 64.0 Å². The third kappa shape index (κ3) is 6.32. The molecule has 0 spiro atoms. The molecule has 162 valence electrons. The van der Waals surface area contributed by atoms with E-state index in [0.717, 1.165) is 37.2 Å². The maximum Gasteiger partial charge on any atom is 0.223 e. The highest BCUT2D eigenvalue weighted by Gasteiger charge is 2.26. The van der Waals surface area contributed by atoms with E-state index >= 15 is 0 Å². The molecular weight excluding hydrogens is 394 g/mol. The fourth-order valence-electron chi connectivity index (χ4n) is 4.55. The summed E-state index contributed by atoms with van der Waals surface area (Å²) in [7, 11) is 0. The zero-order valence-electron chi connectivity index (χ0n) is 17.8. The average Bonchev–Trinajstić information content (AvgIpc) is 3.52. The van der Waals surface area contributed by atoms with Gasteiger partial charge in [-0.15, -0.1) is 0 Å². The molecule has 1 aromatic heterocycles. The Labute approximate surface area is 184 Å². The molecule has 1 atom stereocenters. The van der Waals surface area contributed by atoms with E-state index in [4.69, 9.17) is 9.47 Å². The maximum absolute atomic E-state index is 13.1. The van der Waals surface area contributed by atoms with E-state index in [1.54, 1.807) is 11.3 Å². The number of nitrogens with zero attached hydrogens (tertiary/aromatic N) is 1. The lowest BCUT2D eigenvalue weighted by atomic mass is 10.0. The van der Waals surface area contributed by atoms with Crippen LogP contribution in [0.1, 0.15) is 56.1 Å². The van der Waals surface area contributed by atoms with Crippen molar-refractivity contribution in [3.63, 3.8) is 0 Å². The highest BCUT2D eigenvalue weighted by atomic mass is 32.1. The van der Waals surface area contributed by atoms with Gasteiger partial charge in [0, 0.05) is 32.5 Å². The van der Waals surface area contributed by atoms with E-state index in [0.29, 0.717) is 32.0 Å². The van der Waals surface area contributed by atoms with Crippen LogP contribution in [0.5, 0.6) is 5.75 Å². The van der Waals surface area contributed by atoms with Crippen molar-refractivity contribution < 1.29 is 14.3 Å². The van der Waals surface area contributed by atoms with Gasteiger partial charge in [-0.2, -0.15) is 11.3 Å². The molecular formula is C25H33NO3S. The monoisotopic (exact) mass is 427 g/mol. The summed E-state index contributed by atoms with van der Waals surface area (Å²) < 4.78 is 11.8. The number of thiophene rings is 1. The first-order valence-corrected chi connectivity index (χ1v) is 12.3. The minimum absolute atomic E-state index is 0.183. The maximum atomic E-state index is 13.1. The lowest BCUT2D eigenvalue weighted by molar-refractivity contribution is -0.134. The van der Waals surface area contributed by atoms with Crippen LogP contribution < -0.4 is 4.74 Å². The van der Waals surface area contributed by atoms with E-state index < -0.39 is 0 Å². The molecule has 1 saturated heterocycles. The van der Waals surface area contributed by atoms with Crippen LogP contribution in [0.2, 0.25) is 0 Å². The summed E-state index contributed by atoms with van der Waals surface area (Å²) in [4.78, 5) is 15.1. The number of rotatable bonds is 10. The van der Waals surface area contributed by atoms with Crippen molar-refractivity contribution >= 4 is 17.2 Å². The van der Waals surface area contributed by atoms with Gasteiger partial charge in [0.15, 0.2) is 0 Å². The van der Waals surface area contributed by atoms with E-state index in [2.05, 4.69) is 29.0 Å². The van der Waals surface area contributed by atoms with Crippen molar-refractivity contribution in [1.82, 2.24) is 4.90 Å². The lowest BCUT2D eigenvalue weighted by Crippen LogP contribution is -2.37. The van der Waals surface area contributed by atoms with Gasteiger partial charge in [0.05, 0.1) is 12.7 Å². The summed E-state index contributed by atoms with van der Waals surface area (Å²) in [5.74, 6) is 1.72. The van der Waals surface area contributed by atoms with E-state index in [9.17, 15) is 4.79 Å². The molecule has 1 amide bonds. The largest absolute Gasteiger partial charge is 0.493 e. The van der Waals surface area contributed by atoms with Crippen molar-refractivity contribution in [1.29, 1.82) is 0 Å². The lowest BCUT2D eigenvalue weighted by Gasteiger charge is -2.27. The Kier molecular flexibility index (Phi) is 7.82. The third-order valence-electron chi connectivity index (χ3n) is 6.25. The second-order valence-electron chi connectivity index (χ2n) is 8.64. The Bertz CT molecular complexity index is 779. The molecule has 2 aromatic rings. The smallest absolute Gasteiger partial charge is 0.223 e. The SMILES string of the molecule is O=C(CC1CCCC1)N(Cc1cccc(OCCc2ccsc2)c1)C[C@@H]1CCCO1. The molecule has 1 saturated carbocycles. The quantitative estimate of drug-likeness (QED) is 0.505. The number of carbonyl (C=O) groups is 1. The van der Waals surface area contributed by atoms with E-state index in [-0.39, 0.29) is 12.0 Å². The number of hydrogen-bond donors (Lipinski definition) is 0. The molecule has 4 nitrogen and oxygen atoms in total. The number of amides is 1. The fraction of sp³-hybridized carbons (Fsp3) is 0.560. The summed E-state index contributed by atoms with van der Waals surface area (Å²) in [6.45, 7) is 2.82. The predicted molar refractivity (Wildman–Crippen MR) is 121 cm³/mol. The molecule has 2 heterocycles. The first-order chi connectivity index (χ1) is 14.8. The summed E-state index contributed by atoms with van der Waals surface area (Å²) in [5.41, 5.74) is 2.44. The predicted octanol–water partition coefficient (Wildman–Crippen LogP) is 5.46. The van der Waals surface area contributed by atoms with Crippen LogP contribution in [0.15, 0.2) is 41.1 Å². The van der Waals surface area contributed by atoms with Gasteiger partial charge in [-0.05, 0) is 71.7 Å². The molecule has 1 aliphatic carbocycles. The molecule has 0 bridgehead atoms. The van der Waals surface area contributed by atoms with Crippen molar-refractivity contribution in [3.8, 4) is 5.75 Å². The van der Waals surface area contributed by atoms with Crippen LogP contribution in [0.25, 0.3) is 0 Å². The number of carbonyl (C=O) groups excluding carboxylic acids is 1. The van der Waals surface area contributed by atoms with Gasteiger partial charge >= 0.3 is 0 Å². The fourth-order valence-corrected chi connectivity index (χ4v) is 5.26. The van der Waals surface area contributed by atoms with Crippen molar-refractivity contribution in [2.24, 2.45) is 5.92 Å². The Morgan fingerprint density at radius 2 is 2.03 bits per heavy atom. The average molecular weight is 428 g/mol. The summed E-state index contributed by atoms with van der Waals surface area (Å²) in [6, 6.07) is 10.3. The second-order valence-corrected chi connectivity index (χ2v) is 9.42. The van der Waals surface area contributed by atoms with Crippen LogP contribution in [0, 0.1) is 5.92 Å². The minimum atomic E-state index is 0.183. The van der Waals surface area contributed by atoms with Gasteiger partial charge in [-0.3, -0.25) is 4.79 Å². The van der Waals surface area contributed by atoms with Gasteiger partial charge in [0.2, 0.25) is 5.91 Å². The number of ether oxygens (including phenoxy) is 2. The molecule has 4 rings (SSSR count). The molecule has 5 heteroatoms. The highest BCUT2D eigenvalue weighted by molar-refractivity contribution is 7.07. The van der Waals surface area contributed by atoms with Crippen LogP contribution in [0.3, 0.4) is 0 Å². The Balaban J connectivity index is 1.36. The third-order valence-corrected chi connectivity index (χ3v) is 6.98. The molecule has 2 fully saturated rings. The van der Waals surface area contributed by atoms with Crippen molar-refractivity contribution in [2.75, 3.05) is 19.8 Å². The van der Waals surface area contributed by atoms with Crippen LogP contribution >= 0.6 is 11.3 Å². The van der Waals surface area contributed by atoms with Crippen molar-refractivity contribution in [3.05, 3.63) is 52.2 Å². The molecule has 2 aliphatic rings. The van der Waals surface area contributed by atoms with Crippen LogP contribution in [-0.2, 0) is 22.5 Å². The topological polar surface area (TPSA) is 38.8 Å². The Morgan fingerprint density at radius 1 is 1.13 bits per heavy atom. The van der Waals surface area contributed by atoms with Gasteiger partial charge < -0.3 is 14.4 Å². The summed E-state index contributed by atoms with van der Waals surface area (Å²) in [6.07, 6.45) is 8.88. The number of benzene rings is 1.